The van der Waals surface area contributed by atoms with Crippen molar-refractivity contribution in [3.8, 4) is 0 Å². The van der Waals surface area contributed by atoms with Crippen LogP contribution in [0.4, 0.5) is 0 Å². The Morgan fingerprint density at radius 2 is 1.94 bits per heavy atom. The van der Waals surface area contributed by atoms with E-state index in [4.69, 9.17) is 11.6 Å². The van der Waals surface area contributed by atoms with E-state index >= 15 is 0 Å². The maximum atomic E-state index is 11.9. The van der Waals surface area contributed by atoms with Gasteiger partial charge in [0.15, 0.2) is 0 Å². The van der Waals surface area contributed by atoms with Crippen LogP contribution in [0.5, 0.6) is 0 Å². The molecule has 2 rings (SSSR count). The molecule has 2 nitrogen and oxygen atoms in total. The van der Waals surface area contributed by atoms with Gasteiger partial charge in [0, 0.05) is 6.04 Å². The Labute approximate surface area is 107 Å². The summed E-state index contributed by atoms with van der Waals surface area (Å²) in [5.74, 6) is 0.0775. The van der Waals surface area contributed by atoms with Crippen molar-refractivity contribution in [2.45, 2.75) is 43.5 Å². The zero-order valence-corrected chi connectivity index (χ0v) is 10.6. The molecular formula is C14H18ClNO. The molecule has 1 unspecified atom stereocenters. The molecule has 3 heteroatoms. The van der Waals surface area contributed by atoms with Gasteiger partial charge < -0.3 is 5.32 Å². The number of hydrogen-bond acceptors (Lipinski definition) is 1. The smallest absolute Gasteiger partial charge is 0.224 e. The highest BCUT2D eigenvalue weighted by molar-refractivity contribution is 6.21. The van der Waals surface area contributed by atoms with Gasteiger partial charge in [0.2, 0.25) is 5.91 Å². The summed E-state index contributed by atoms with van der Waals surface area (Å²) in [6.45, 7) is 0. The van der Waals surface area contributed by atoms with E-state index in [1.807, 2.05) is 30.3 Å². The number of alkyl halides is 1. The minimum absolute atomic E-state index is 0.0775. The van der Waals surface area contributed by atoms with Crippen LogP contribution in [0.15, 0.2) is 30.3 Å². The van der Waals surface area contributed by atoms with Gasteiger partial charge in [-0.05, 0) is 18.4 Å². The van der Waals surface area contributed by atoms with Crippen LogP contribution in [0.2, 0.25) is 0 Å². The predicted molar refractivity (Wildman–Crippen MR) is 70.2 cm³/mol. The molecule has 92 valence electrons. The Kier molecular flexibility index (Phi) is 4.43. The van der Waals surface area contributed by atoms with Crippen LogP contribution in [-0.2, 0) is 11.2 Å². The zero-order chi connectivity index (χ0) is 12.1. The molecule has 2 atom stereocenters. The predicted octanol–water partition coefficient (Wildman–Crippen LogP) is 2.90. The Hall–Kier alpha value is -1.02. The highest BCUT2D eigenvalue weighted by atomic mass is 35.5. The molecular weight excluding hydrogens is 234 g/mol. The summed E-state index contributed by atoms with van der Waals surface area (Å²) in [6.07, 6.45) is 4.81. The largest absolute Gasteiger partial charge is 0.352 e. The first-order valence-corrected chi connectivity index (χ1v) is 6.67. The Bertz CT molecular complexity index is 366. The minimum Gasteiger partial charge on any atom is -0.352 e. The number of hydrogen-bond donors (Lipinski definition) is 1. The van der Waals surface area contributed by atoms with E-state index in [1.54, 1.807) is 0 Å². The second kappa shape index (κ2) is 6.06. The standard InChI is InChI=1S/C14H18ClNO/c15-12-8-4-5-9-13(12)16-14(17)10-11-6-2-1-3-7-11/h1-3,6-7,12-13H,4-5,8-10H2,(H,16,17)/t12-,13?/m0/s1. The van der Waals surface area contributed by atoms with E-state index in [1.165, 1.54) is 12.8 Å². The topological polar surface area (TPSA) is 29.1 Å². The summed E-state index contributed by atoms with van der Waals surface area (Å²) in [5.41, 5.74) is 1.05. The summed E-state index contributed by atoms with van der Waals surface area (Å²) >= 11 is 6.22. The molecule has 1 aliphatic carbocycles. The van der Waals surface area contributed by atoms with Crippen LogP contribution in [0.25, 0.3) is 0 Å². The van der Waals surface area contributed by atoms with Gasteiger partial charge >= 0.3 is 0 Å². The number of carbonyl (C=O) groups is 1. The maximum absolute atomic E-state index is 11.9. The monoisotopic (exact) mass is 251 g/mol. The van der Waals surface area contributed by atoms with Gasteiger partial charge in [0.05, 0.1) is 11.8 Å². The van der Waals surface area contributed by atoms with Crippen LogP contribution in [0, 0.1) is 0 Å². The van der Waals surface area contributed by atoms with Crippen LogP contribution in [0.1, 0.15) is 31.2 Å². The van der Waals surface area contributed by atoms with Crippen molar-refractivity contribution < 1.29 is 4.79 Å². The molecule has 17 heavy (non-hydrogen) atoms. The van der Waals surface area contributed by atoms with Crippen molar-refractivity contribution >= 4 is 17.5 Å². The molecule has 1 aliphatic rings. The third kappa shape index (κ3) is 3.74. The average molecular weight is 252 g/mol. The van der Waals surface area contributed by atoms with E-state index in [-0.39, 0.29) is 17.3 Å². The fourth-order valence-electron chi connectivity index (χ4n) is 2.29. The number of halogens is 1. The molecule has 0 spiro atoms. The lowest BCUT2D eigenvalue weighted by Gasteiger charge is -2.27. The molecule has 1 fully saturated rings. The van der Waals surface area contributed by atoms with Gasteiger partial charge in [-0.25, -0.2) is 0 Å². The summed E-state index contributed by atoms with van der Waals surface area (Å²) < 4.78 is 0. The van der Waals surface area contributed by atoms with E-state index in [0.29, 0.717) is 6.42 Å². The molecule has 1 amide bonds. The van der Waals surface area contributed by atoms with Gasteiger partial charge in [-0.15, -0.1) is 11.6 Å². The van der Waals surface area contributed by atoms with E-state index < -0.39 is 0 Å². The highest BCUT2D eigenvalue weighted by Gasteiger charge is 2.24. The summed E-state index contributed by atoms with van der Waals surface area (Å²) in [4.78, 5) is 11.9. The van der Waals surface area contributed by atoms with Gasteiger partial charge in [0.1, 0.15) is 0 Å². The average Bonchev–Trinajstić information content (AvgIpc) is 2.33. The first-order valence-electron chi connectivity index (χ1n) is 6.23. The van der Waals surface area contributed by atoms with Crippen molar-refractivity contribution in [1.82, 2.24) is 5.32 Å². The third-order valence-corrected chi connectivity index (χ3v) is 3.76. The molecule has 1 aromatic rings. The summed E-state index contributed by atoms with van der Waals surface area (Å²) in [6, 6.07) is 9.96. The molecule has 0 saturated heterocycles. The highest BCUT2D eigenvalue weighted by Crippen LogP contribution is 2.23. The first kappa shape index (κ1) is 12.4. The van der Waals surface area contributed by atoms with E-state index in [9.17, 15) is 4.79 Å². The number of benzene rings is 1. The van der Waals surface area contributed by atoms with Crippen molar-refractivity contribution in [2.24, 2.45) is 0 Å². The second-order valence-electron chi connectivity index (χ2n) is 4.64. The third-order valence-electron chi connectivity index (χ3n) is 3.24. The van der Waals surface area contributed by atoms with Crippen molar-refractivity contribution in [3.63, 3.8) is 0 Å². The lowest BCUT2D eigenvalue weighted by Crippen LogP contribution is -2.43. The minimum atomic E-state index is 0.0775. The lowest BCUT2D eigenvalue weighted by molar-refractivity contribution is -0.121. The maximum Gasteiger partial charge on any atom is 0.224 e. The number of rotatable bonds is 3. The molecule has 0 bridgehead atoms. The Morgan fingerprint density at radius 3 is 2.65 bits per heavy atom. The fraction of sp³-hybridized carbons (Fsp3) is 0.500. The van der Waals surface area contributed by atoms with Crippen molar-refractivity contribution in [2.75, 3.05) is 0 Å². The fourth-order valence-corrected chi connectivity index (χ4v) is 2.63. The first-order chi connectivity index (χ1) is 8.25. The van der Waals surface area contributed by atoms with E-state index in [0.717, 1.165) is 18.4 Å². The lowest BCUT2D eigenvalue weighted by atomic mass is 9.94. The normalized spacial score (nSPS) is 24.3. The van der Waals surface area contributed by atoms with Crippen LogP contribution in [-0.4, -0.2) is 17.3 Å². The number of amides is 1. The molecule has 1 saturated carbocycles. The molecule has 1 N–H and O–H groups in total. The van der Waals surface area contributed by atoms with Gasteiger partial charge in [0.25, 0.3) is 0 Å². The van der Waals surface area contributed by atoms with Crippen LogP contribution >= 0.6 is 11.6 Å². The molecule has 1 aromatic carbocycles. The van der Waals surface area contributed by atoms with Gasteiger partial charge in [-0.3, -0.25) is 4.79 Å². The van der Waals surface area contributed by atoms with Crippen molar-refractivity contribution in [3.05, 3.63) is 35.9 Å². The second-order valence-corrected chi connectivity index (χ2v) is 5.20. The van der Waals surface area contributed by atoms with Crippen LogP contribution < -0.4 is 5.32 Å². The summed E-state index contributed by atoms with van der Waals surface area (Å²) in [5, 5.41) is 3.15. The Morgan fingerprint density at radius 1 is 1.24 bits per heavy atom. The quantitative estimate of drug-likeness (QED) is 0.823. The molecule has 0 heterocycles. The Balaban J connectivity index is 1.84. The molecule has 0 radical (unpaired) electrons. The van der Waals surface area contributed by atoms with Crippen molar-refractivity contribution in [1.29, 1.82) is 0 Å². The molecule has 0 aromatic heterocycles. The SMILES string of the molecule is O=C(Cc1ccccc1)NC1CCCC[C@@H]1Cl. The van der Waals surface area contributed by atoms with Gasteiger partial charge in [-0.2, -0.15) is 0 Å². The number of carbonyl (C=O) groups excluding carboxylic acids is 1. The summed E-state index contributed by atoms with van der Waals surface area (Å²) in [7, 11) is 0. The van der Waals surface area contributed by atoms with E-state index in [2.05, 4.69) is 5.32 Å². The van der Waals surface area contributed by atoms with Crippen LogP contribution in [0.3, 0.4) is 0 Å². The van der Waals surface area contributed by atoms with Gasteiger partial charge in [-0.1, -0.05) is 43.2 Å². The number of nitrogens with one attached hydrogen (secondary N) is 1. The molecule has 0 aliphatic heterocycles. The zero-order valence-electron chi connectivity index (χ0n) is 9.86.